The molecule has 0 saturated carbocycles. The number of hydrogen-bond donors (Lipinski definition) is 1. The predicted octanol–water partition coefficient (Wildman–Crippen LogP) is 0.249. The lowest BCUT2D eigenvalue weighted by atomic mass is 10.3. The van der Waals surface area contributed by atoms with Crippen molar-refractivity contribution in [3.8, 4) is 0 Å². The molecule has 0 unspecified atom stereocenters. The molecule has 0 spiro atoms. The maximum atomic E-state index is 11.2. The molecule has 0 atom stereocenters. The van der Waals surface area contributed by atoms with E-state index in [9.17, 15) is 13.2 Å². The maximum Gasteiger partial charge on any atom is 0.356 e. The molecular formula is C9H12N2O4S2. The van der Waals surface area contributed by atoms with Crippen LogP contribution in [0.1, 0.15) is 10.5 Å². The van der Waals surface area contributed by atoms with Crippen LogP contribution in [0.2, 0.25) is 0 Å². The van der Waals surface area contributed by atoms with Crippen LogP contribution in [-0.4, -0.2) is 38.0 Å². The summed E-state index contributed by atoms with van der Waals surface area (Å²) in [6.07, 6.45) is 1.46. The number of nitrogens with two attached hydrogens (primary N) is 1. The third kappa shape index (κ3) is 5.16. The van der Waals surface area contributed by atoms with Gasteiger partial charge >= 0.3 is 5.97 Å². The van der Waals surface area contributed by atoms with E-state index < -0.39 is 16.0 Å². The number of methoxy groups -OCH3 is 1. The molecule has 0 aliphatic carbocycles. The van der Waals surface area contributed by atoms with Gasteiger partial charge in [0.05, 0.1) is 12.9 Å². The molecule has 1 rings (SSSR count). The number of aromatic nitrogens is 1. The molecule has 0 aliphatic heterocycles. The molecule has 0 bridgehead atoms. The van der Waals surface area contributed by atoms with Gasteiger partial charge in [0.25, 0.3) is 0 Å². The van der Waals surface area contributed by atoms with Gasteiger partial charge in [-0.3, -0.25) is 0 Å². The summed E-state index contributed by atoms with van der Waals surface area (Å²) in [6, 6.07) is 3.22. The topological polar surface area (TPSA) is 99.4 Å². The average Bonchev–Trinajstić information content (AvgIpc) is 2.27. The van der Waals surface area contributed by atoms with E-state index >= 15 is 0 Å². The summed E-state index contributed by atoms with van der Waals surface area (Å²) in [5.41, 5.74) is 0.188. The Balaban J connectivity index is 2.63. The molecule has 8 heteroatoms. The van der Waals surface area contributed by atoms with Crippen LogP contribution < -0.4 is 5.14 Å². The Kier molecular flexibility index (Phi) is 4.91. The number of esters is 1. The van der Waals surface area contributed by atoms with Crippen LogP contribution in [0.3, 0.4) is 0 Å². The van der Waals surface area contributed by atoms with Crippen molar-refractivity contribution in [2.45, 2.75) is 4.90 Å². The number of nitrogens with zero attached hydrogens (tertiary/aromatic N) is 1. The third-order valence-corrected chi connectivity index (χ3v) is 3.79. The second kappa shape index (κ2) is 5.99. The van der Waals surface area contributed by atoms with Crippen molar-refractivity contribution in [1.29, 1.82) is 0 Å². The molecule has 1 heterocycles. The SMILES string of the molecule is COC(=O)c1cc(SCCS(N)(=O)=O)ccn1. The first-order valence-corrected chi connectivity index (χ1v) is 7.30. The van der Waals surface area contributed by atoms with Crippen molar-refractivity contribution < 1.29 is 17.9 Å². The largest absolute Gasteiger partial charge is 0.464 e. The zero-order chi connectivity index (χ0) is 12.9. The van der Waals surface area contributed by atoms with Crippen LogP contribution in [0.15, 0.2) is 23.2 Å². The highest BCUT2D eigenvalue weighted by molar-refractivity contribution is 8.00. The van der Waals surface area contributed by atoms with E-state index in [0.717, 1.165) is 4.90 Å². The Morgan fingerprint density at radius 2 is 2.29 bits per heavy atom. The molecular weight excluding hydrogens is 264 g/mol. The molecule has 0 aromatic carbocycles. The van der Waals surface area contributed by atoms with Crippen molar-refractivity contribution >= 4 is 27.8 Å². The van der Waals surface area contributed by atoms with E-state index in [1.807, 2.05) is 0 Å². The number of sulfonamides is 1. The summed E-state index contributed by atoms with van der Waals surface area (Å²) < 4.78 is 26.0. The fourth-order valence-corrected chi connectivity index (χ4v) is 2.84. The molecule has 1 aromatic heterocycles. The molecule has 0 radical (unpaired) electrons. The fourth-order valence-electron chi connectivity index (χ4n) is 0.993. The number of ether oxygens (including phenoxy) is 1. The molecule has 94 valence electrons. The highest BCUT2D eigenvalue weighted by Gasteiger charge is 2.08. The Bertz CT molecular complexity index is 501. The van der Waals surface area contributed by atoms with Crippen molar-refractivity contribution in [3.05, 3.63) is 24.0 Å². The van der Waals surface area contributed by atoms with E-state index in [1.165, 1.54) is 25.1 Å². The number of carbonyl (C=O) groups is 1. The van der Waals surface area contributed by atoms with Crippen molar-refractivity contribution in [2.24, 2.45) is 5.14 Å². The van der Waals surface area contributed by atoms with E-state index in [-0.39, 0.29) is 11.4 Å². The fraction of sp³-hybridized carbons (Fsp3) is 0.333. The number of carbonyl (C=O) groups excluding carboxylic acids is 1. The quantitative estimate of drug-likeness (QED) is 0.611. The van der Waals surface area contributed by atoms with Crippen LogP contribution in [0, 0.1) is 0 Å². The van der Waals surface area contributed by atoms with Crippen LogP contribution in [0.5, 0.6) is 0 Å². The monoisotopic (exact) mass is 276 g/mol. The molecule has 6 nitrogen and oxygen atoms in total. The highest BCUT2D eigenvalue weighted by atomic mass is 32.2. The van der Waals surface area contributed by atoms with Gasteiger partial charge in [-0.1, -0.05) is 0 Å². The standard InChI is InChI=1S/C9H12N2O4S2/c1-15-9(12)8-6-7(2-3-11-8)16-4-5-17(10,13)14/h2-3,6H,4-5H2,1H3,(H2,10,13,14). The van der Waals surface area contributed by atoms with Crippen LogP contribution in [0.25, 0.3) is 0 Å². The smallest absolute Gasteiger partial charge is 0.356 e. The summed E-state index contributed by atoms with van der Waals surface area (Å²) in [6.45, 7) is 0. The molecule has 0 aliphatic rings. The van der Waals surface area contributed by atoms with Gasteiger partial charge in [-0.2, -0.15) is 0 Å². The van der Waals surface area contributed by atoms with Gasteiger partial charge in [-0.05, 0) is 12.1 Å². The molecule has 0 saturated heterocycles. The van der Waals surface area contributed by atoms with E-state index in [2.05, 4.69) is 9.72 Å². The molecule has 0 fully saturated rings. The molecule has 17 heavy (non-hydrogen) atoms. The first-order chi connectivity index (χ1) is 7.92. The van der Waals surface area contributed by atoms with Gasteiger partial charge in [-0.15, -0.1) is 11.8 Å². The Morgan fingerprint density at radius 1 is 1.59 bits per heavy atom. The van der Waals surface area contributed by atoms with Crippen LogP contribution in [0.4, 0.5) is 0 Å². The zero-order valence-electron chi connectivity index (χ0n) is 9.12. The number of pyridine rings is 1. The summed E-state index contributed by atoms with van der Waals surface area (Å²) in [5.74, 6) is -0.323. The van der Waals surface area contributed by atoms with Gasteiger partial charge in [0.2, 0.25) is 10.0 Å². The minimum Gasteiger partial charge on any atom is -0.464 e. The van der Waals surface area contributed by atoms with Crippen LogP contribution >= 0.6 is 11.8 Å². The summed E-state index contributed by atoms with van der Waals surface area (Å²) >= 11 is 1.28. The zero-order valence-corrected chi connectivity index (χ0v) is 10.8. The second-order valence-corrected chi connectivity index (χ2v) is 5.99. The molecule has 1 aromatic rings. The van der Waals surface area contributed by atoms with E-state index in [4.69, 9.17) is 5.14 Å². The van der Waals surface area contributed by atoms with Gasteiger partial charge in [0.1, 0.15) is 5.69 Å². The Hall–Kier alpha value is -1.12. The maximum absolute atomic E-state index is 11.2. The number of hydrogen-bond acceptors (Lipinski definition) is 6. The third-order valence-electron chi connectivity index (χ3n) is 1.76. The average molecular weight is 276 g/mol. The Labute approximate surface area is 104 Å². The van der Waals surface area contributed by atoms with Gasteiger partial charge in [-0.25, -0.2) is 23.3 Å². The van der Waals surface area contributed by atoms with Crippen LogP contribution in [-0.2, 0) is 14.8 Å². The van der Waals surface area contributed by atoms with Gasteiger partial charge in [0, 0.05) is 16.8 Å². The second-order valence-electron chi connectivity index (χ2n) is 3.08. The number of primary sulfonamides is 1. The van der Waals surface area contributed by atoms with E-state index in [1.54, 1.807) is 12.1 Å². The molecule has 0 amide bonds. The molecule has 2 N–H and O–H groups in total. The Morgan fingerprint density at radius 3 is 2.88 bits per heavy atom. The first kappa shape index (κ1) is 13.9. The predicted molar refractivity (Wildman–Crippen MR) is 64.3 cm³/mol. The number of thioether (sulfide) groups is 1. The first-order valence-electron chi connectivity index (χ1n) is 4.60. The van der Waals surface area contributed by atoms with Gasteiger partial charge < -0.3 is 4.74 Å². The van der Waals surface area contributed by atoms with Crippen molar-refractivity contribution in [1.82, 2.24) is 4.98 Å². The lowest BCUT2D eigenvalue weighted by Crippen LogP contribution is -2.17. The minimum atomic E-state index is -3.45. The summed E-state index contributed by atoms with van der Waals surface area (Å²) in [4.78, 5) is 15.8. The summed E-state index contributed by atoms with van der Waals surface area (Å²) in [7, 11) is -2.18. The normalized spacial score (nSPS) is 11.2. The van der Waals surface area contributed by atoms with Gasteiger partial charge in [0.15, 0.2) is 0 Å². The highest BCUT2D eigenvalue weighted by Crippen LogP contribution is 2.18. The lowest BCUT2D eigenvalue weighted by Gasteiger charge is -2.02. The number of rotatable bonds is 5. The van der Waals surface area contributed by atoms with Crippen molar-refractivity contribution in [2.75, 3.05) is 18.6 Å². The van der Waals surface area contributed by atoms with E-state index in [0.29, 0.717) is 5.75 Å². The minimum absolute atomic E-state index is 0.118. The summed E-state index contributed by atoms with van der Waals surface area (Å²) in [5, 5.41) is 4.87. The van der Waals surface area contributed by atoms with Crippen molar-refractivity contribution in [3.63, 3.8) is 0 Å². The lowest BCUT2D eigenvalue weighted by molar-refractivity contribution is 0.0593.